The number of fused-ring (bicyclic) bond motifs is 1. The van der Waals surface area contributed by atoms with Crippen LogP contribution in [0.3, 0.4) is 0 Å². The lowest BCUT2D eigenvalue weighted by molar-refractivity contribution is 0.308. The molecule has 0 spiro atoms. The predicted molar refractivity (Wildman–Crippen MR) is 60.1 cm³/mol. The summed E-state index contributed by atoms with van der Waals surface area (Å²) in [4.78, 5) is 10.5. The molecule has 0 aromatic carbocycles. The van der Waals surface area contributed by atoms with Crippen LogP contribution in [0.2, 0.25) is 5.15 Å². The Labute approximate surface area is 93.5 Å². The number of hydrogen-bond donors (Lipinski definition) is 0. The molecule has 0 aliphatic rings. The number of nitrogens with zero attached hydrogens (tertiary/aromatic N) is 4. The Balaban J connectivity index is 2.59. The first-order valence-corrected chi connectivity index (χ1v) is 5.13. The quantitative estimate of drug-likeness (QED) is 0.783. The minimum atomic E-state index is 0.242. The molecule has 2 aromatic rings. The van der Waals surface area contributed by atoms with Crippen LogP contribution in [0, 0.1) is 0 Å². The fraction of sp³-hybridized carbons (Fsp3) is 0.400. The summed E-state index contributed by atoms with van der Waals surface area (Å²) in [6.07, 6.45) is 5.32. The van der Waals surface area contributed by atoms with E-state index in [1.807, 2.05) is 24.7 Å². The molecular weight excluding hydrogens is 212 g/mol. The average molecular weight is 225 g/mol. The highest BCUT2D eigenvalue weighted by atomic mass is 35.5. The fourth-order valence-corrected chi connectivity index (χ4v) is 1.65. The normalized spacial score (nSPS) is 13.7. The Bertz CT molecular complexity index is 477. The van der Waals surface area contributed by atoms with Crippen molar-refractivity contribution < 1.29 is 0 Å². The molecule has 2 rings (SSSR count). The van der Waals surface area contributed by atoms with E-state index in [-0.39, 0.29) is 6.04 Å². The van der Waals surface area contributed by atoms with Gasteiger partial charge in [0.15, 0.2) is 5.15 Å². The van der Waals surface area contributed by atoms with Crippen LogP contribution in [0.1, 0.15) is 18.8 Å². The minimum Gasteiger partial charge on any atom is -0.300 e. The molecule has 0 amide bonds. The van der Waals surface area contributed by atoms with Crippen molar-refractivity contribution in [1.29, 1.82) is 0 Å². The van der Waals surface area contributed by atoms with Crippen molar-refractivity contribution >= 4 is 17.1 Å². The molecule has 0 fully saturated rings. The Hall–Kier alpha value is -1.13. The lowest BCUT2D eigenvalue weighted by Crippen LogP contribution is -2.19. The highest BCUT2D eigenvalue weighted by molar-refractivity contribution is 6.32. The summed E-state index contributed by atoms with van der Waals surface area (Å²) < 4.78 is 1.97. The van der Waals surface area contributed by atoms with Crippen LogP contribution in [-0.2, 0) is 0 Å². The summed E-state index contributed by atoms with van der Waals surface area (Å²) >= 11 is 5.97. The molecule has 2 heterocycles. The molecule has 5 heteroatoms. The summed E-state index contributed by atoms with van der Waals surface area (Å²) in [6, 6.07) is 0.242. The van der Waals surface area contributed by atoms with Gasteiger partial charge in [-0.15, -0.1) is 0 Å². The third kappa shape index (κ3) is 1.70. The summed E-state index contributed by atoms with van der Waals surface area (Å²) in [6.45, 7) is 2.10. The maximum atomic E-state index is 5.97. The highest BCUT2D eigenvalue weighted by Gasteiger charge is 2.14. The first-order valence-electron chi connectivity index (χ1n) is 4.75. The molecule has 15 heavy (non-hydrogen) atoms. The SMILES string of the molecule is C[C@@H](c1ncc2c(Cl)nccn12)N(C)C. The molecular formula is C10H13ClN4. The van der Waals surface area contributed by atoms with Gasteiger partial charge in [-0.05, 0) is 21.0 Å². The zero-order chi connectivity index (χ0) is 11.0. The van der Waals surface area contributed by atoms with Crippen LogP contribution in [-0.4, -0.2) is 33.4 Å². The molecule has 0 unspecified atom stereocenters. The molecule has 2 aromatic heterocycles. The summed E-state index contributed by atoms with van der Waals surface area (Å²) in [5.74, 6) is 0.972. The van der Waals surface area contributed by atoms with E-state index >= 15 is 0 Å². The van der Waals surface area contributed by atoms with Gasteiger partial charge < -0.3 is 0 Å². The van der Waals surface area contributed by atoms with Gasteiger partial charge in [0.25, 0.3) is 0 Å². The van der Waals surface area contributed by atoms with Crippen LogP contribution >= 0.6 is 11.6 Å². The van der Waals surface area contributed by atoms with Gasteiger partial charge in [0.2, 0.25) is 0 Å². The van der Waals surface area contributed by atoms with E-state index in [2.05, 4.69) is 21.8 Å². The van der Waals surface area contributed by atoms with Gasteiger partial charge >= 0.3 is 0 Å². The van der Waals surface area contributed by atoms with Gasteiger partial charge in [0.1, 0.15) is 11.3 Å². The van der Waals surface area contributed by atoms with Gasteiger partial charge in [-0.3, -0.25) is 9.30 Å². The van der Waals surface area contributed by atoms with E-state index in [0.29, 0.717) is 5.15 Å². The molecule has 0 bridgehead atoms. The first kappa shape index (κ1) is 10.4. The minimum absolute atomic E-state index is 0.242. The second-order valence-electron chi connectivity index (χ2n) is 3.73. The van der Waals surface area contributed by atoms with Crippen molar-refractivity contribution in [3.8, 4) is 0 Å². The highest BCUT2D eigenvalue weighted by Crippen LogP contribution is 2.20. The molecule has 1 atom stereocenters. The third-order valence-electron chi connectivity index (χ3n) is 2.59. The van der Waals surface area contributed by atoms with Crippen molar-refractivity contribution in [2.75, 3.05) is 14.1 Å². The monoisotopic (exact) mass is 224 g/mol. The van der Waals surface area contributed by atoms with E-state index in [1.165, 1.54) is 0 Å². The molecule has 0 saturated carbocycles. The van der Waals surface area contributed by atoms with Gasteiger partial charge in [0, 0.05) is 12.4 Å². The third-order valence-corrected chi connectivity index (χ3v) is 2.88. The van der Waals surface area contributed by atoms with Crippen LogP contribution in [0.25, 0.3) is 5.52 Å². The molecule has 0 radical (unpaired) electrons. The molecule has 0 saturated heterocycles. The zero-order valence-electron chi connectivity index (χ0n) is 8.98. The van der Waals surface area contributed by atoms with Crippen LogP contribution in [0.4, 0.5) is 0 Å². The number of halogens is 1. The number of aromatic nitrogens is 3. The number of rotatable bonds is 2. The van der Waals surface area contributed by atoms with Crippen molar-refractivity contribution in [1.82, 2.24) is 19.3 Å². The van der Waals surface area contributed by atoms with Crippen LogP contribution < -0.4 is 0 Å². The maximum Gasteiger partial charge on any atom is 0.154 e. The molecule has 4 nitrogen and oxygen atoms in total. The van der Waals surface area contributed by atoms with Crippen molar-refractivity contribution in [3.05, 3.63) is 29.6 Å². The Morgan fingerprint density at radius 2 is 2.13 bits per heavy atom. The topological polar surface area (TPSA) is 33.4 Å². The Morgan fingerprint density at radius 3 is 2.80 bits per heavy atom. The lowest BCUT2D eigenvalue weighted by Gasteiger charge is -2.18. The Morgan fingerprint density at radius 1 is 1.40 bits per heavy atom. The van der Waals surface area contributed by atoms with Crippen LogP contribution in [0.15, 0.2) is 18.6 Å². The lowest BCUT2D eigenvalue weighted by atomic mass is 10.3. The van der Waals surface area contributed by atoms with E-state index < -0.39 is 0 Å². The molecule has 0 N–H and O–H groups in total. The van der Waals surface area contributed by atoms with Crippen molar-refractivity contribution in [3.63, 3.8) is 0 Å². The van der Waals surface area contributed by atoms with E-state index in [1.54, 1.807) is 12.4 Å². The maximum absolute atomic E-state index is 5.97. The van der Waals surface area contributed by atoms with E-state index in [0.717, 1.165) is 11.3 Å². The largest absolute Gasteiger partial charge is 0.300 e. The van der Waals surface area contributed by atoms with Gasteiger partial charge in [0.05, 0.1) is 12.2 Å². The Kier molecular flexibility index (Phi) is 2.63. The van der Waals surface area contributed by atoms with Gasteiger partial charge in [-0.25, -0.2) is 9.97 Å². The smallest absolute Gasteiger partial charge is 0.154 e. The summed E-state index contributed by atoms with van der Waals surface area (Å²) in [7, 11) is 4.04. The van der Waals surface area contributed by atoms with E-state index in [4.69, 9.17) is 11.6 Å². The summed E-state index contributed by atoms with van der Waals surface area (Å²) in [5.41, 5.74) is 0.850. The second-order valence-corrected chi connectivity index (χ2v) is 4.09. The predicted octanol–water partition coefficient (Wildman–Crippen LogP) is 2.01. The second kappa shape index (κ2) is 3.79. The summed E-state index contributed by atoms with van der Waals surface area (Å²) in [5, 5.41) is 0.488. The van der Waals surface area contributed by atoms with Crippen molar-refractivity contribution in [2.24, 2.45) is 0 Å². The molecule has 0 aliphatic heterocycles. The van der Waals surface area contributed by atoms with Gasteiger partial charge in [-0.1, -0.05) is 11.6 Å². The number of imidazole rings is 1. The molecule has 80 valence electrons. The fourth-order valence-electron chi connectivity index (χ4n) is 1.46. The van der Waals surface area contributed by atoms with Crippen molar-refractivity contribution in [2.45, 2.75) is 13.0 Å². The average Bonchev–Trinajstić information content (AvgIpc) is 2.61. The van der Waals surface area contributed by atoms with E-state index in [9.17, 15) is 0 Å². The molecule has 0 aliphatic carbocycles. The standard InChI is InChI=1S/C10H13ClN4/c1-7(14(2)3)10-13-6-8-9(11)12-4-5-15(8)10/h4-7H,1-3H3/t7-/m0/s1. The first-order chi connectivity index (χ1) is 7.11. The zero-order valence-corrected chi connectivity index (χ0v) is 9.73. The number of hydrogen-bond acceptors (Lipinski definition) is 3. The van der Waals surface area contributed by atoms with Gasteiger partial charge in [-0.2, -0.15) is 0 Å². The van der Waals surface area contributed by atoms with Crippen LogP contribution in [0.5, 0.6) is 0 Å².